The molecule has 0 atom stereocenters. The summed E-state index contributed by atoms with van der Waals surface area (Å²) in [4.78, 5) is 12.3. The largest absolute Gasteiger partial charge is 0.399 e. The minimum absolute atomic E-state index is 0.163. The van der Waals surface area contributed by atoms with E-state index in [0.29, 0.717) is 11.3 Å². The highest BCUT2D eigenvalue weighted by molar-refractivity contribution is 6.06. The van der Waals surface area contributed by atoms with Crippen LogP contribution in [0.4, 0.5) is 11.4 Å². The van der Waals surface area contributed by atoms with Crippen molar-refractivity contribution in [3.8, 4) is 0 Å². The number of hydrogen-bond acceptors (Lipinski definition) is 3. The molecule has 5 nitrogen and oxygen atoms in total. The summed E-state index contributed by atoms with van der Waals surface area (Å²) in [6.07, 6.45) is 0. The fraction of sp³-hybridized carbons (Fsp3) is 0.286. The summed E-state index contributed by atoms with van der Waals surface area (Å²) in [5, 5.41) is 7.18. The number of aryl methyl sites for hydroxylation is 3. The first-order valence-corrected chi connectivity index (χ1v) is 6.08. The minimum Gasteiger partial charge on any atom is -0.399 e. The van der Waals surface area contributed by atoms with Gasteiger partial charge in [0.05, 0.1) is 17.1 Å². The number of nitrogen functional groups attached to an aromatic ring is 1. The van der Waals surface area contributed by atoms with E-state index in [0.717, 1.165) is 22.6 Å². The van der Waals surface area contributed by atoms with Crippen LogP contribution in [-0.2, 0) is 7.05 Å². The van der Waals surface area contributed by atoms with E-state index >= 15 is 0 Å². The SMILES string of the molecule is Cc1ccc(N)cc1C(=O)Nc1c(C)nn(C)c1C. The summed E-state index contributed by atoms with van der Waals surface area (Å²) in [6.45, 7) is 5.67. The second-order valence-corrected chi connectivity index (χ2v) is 4.70. The van der Waals surface area contributed by atoms with E-state index in [4.69, 9.17) is 5.73 Å². The third-order valence-corrected chi connectivity index (χ3v) is 3.25. The Morgan fingerprint density at radius 2 is 2.00 bits per heavy atom. The van der Waals surface area contributed by atoms with E-state index in [-0.39, 0.29) is 5.91 Å². The van der Waals surface area contributed by atoms with Crippen LogP contribution in [0, 0.1) is 20.8 Å². The molecular formula is C14H18N4O. The van der Waals surface area contributed by atoms with Gasteiger partial charge in [-0.1, -0.05) is 6.07 Å². The lowest BCUT2D eigenvalue weighted by Gasteiger charge is -2.09. The van der Waals surface area contributed by atoms with Crippen molar-refractivity contribution in [2.75, 3.05) is 11.1 Å². The zero-order chi connectivity index (χ0) is 14.2. The van der Waals surface area contributed by atoms with Crippen LogP contribution in [0.5, 0.6) is 0 Å². The molecule has 1 amide bonds. The van der Waals surface area contributed by atoms with Crippen LogP contribution in [0.25, 0.3) is 0 Å². The van der Waals surface area contributed by atoms with E-state index in [1.165, 1.54) is 0 Å². The monoisotopic (exact) mass is 258 g/mol. The highest BCUT2D eigenvalue weighted by Gasteiger charge is 2.15. The molecule has 3 N–H and O–H groups in total. The predicted molar refractivity (Wildman–Crippen MR) is 76.2 cm³/mol. The van der Waals surface area contributed by atoms with Gasteiger partial charge < -0.3 is 11.1 Å². The lowest BCUT2D eigenvalue weighted by Crippen LogP contribution is -2.15. The molecule has 0 radical (unpaired) electrons. The van der Waals surface area contributed by atoms with Crippen molar-refractivity contribution < 1.29 is 4.79 Å². The summed E-state index contributed by atoms with van der Waals surface area (Å²) in [6, 6.07) is 5.31. The Balaban J connectivity index is 2.33. The first-order valence-electron chi connectivity index (χ1n) is 6.08. The molecule has 0 spiro atoms. The molecule has 0 saturated carbocycles. The second kappa shape index (κ2) is 4.76. The molecule has 100 valence electrons. The summed E-state index contributed by atoms with van der Waals surface area (Å²) >= 11 is 0. The maximum atomic E-state index is 12.3. The molecule has 0 bridgehead atoms. The van der Waals surface area contributed by atoms with Gasteiger partial charge in [-0.25, -0.2) is 0 Å². The quantitative estimate of drug-likeness (QED) is 0.811. The fourth-order valence-electron chi connectivity index (χ4n) is 2.02. The maximum Gasteiger partial charge on any atom is 0.256 e. The minimum atomic E-state index is -0.163. The van der Waals surface area contributed by atoms with Gasteiger partial charge in [0.2, 0.25) is 0 Å². The van der Waals surface area contributed by atoms with Crippen molar-refractivity contribution in [3.63, 3.8) is 0 Å². The van der Waals surface area contributed by atoms with Gasteiger partial charge in [0, 0.05) is 18.3 Å². The van der Waals surface area contributed by atoms with Gasteiger partial charge in [-0.15, -0.1) is 0 Å². The van der Waals surface area contributed by atoms with Gasteiger partial charge in [-0.05, 0) is 38.5 Å². The Morgan fingerprint density at radius 1 is 1.32 bits per heavy atom. The van der Waals surface area contributed by atoms with Crippen LogP contribution >= 0.6 is 0 Å². The number of amides is 1. The summed E-state index contributed by atoms with van der Waals surface area (Å²) in [5.41, 5.74) is 10.3. The normalized spacial score (nSPS) is 10.5. The van der Waals surface area contributed by atoms with Crippen molar-refractivity contribution in [1.82, 2.24) is 9.78 Å². The Labute approximate surface area is 112 Å². The lowest BCUT2D eigenvalue weighted by atomic mass is 10.1. The van der Waals surface area contributed by atoms with Crippen molar-refractivity contribution in [2.24, 2.45) is 7.05 Å². The third kappa shape index (κ3) is 2.45. The Bertz CT molecular complexity index is 643. The molecule has 2 rings (SSSR count). The van der Waals surface area contributed by atoms with Crippen LogP contribution in [0.3, 0.4) is 0 Å². The van der Waals surface area contributed by atoms with E-state index in [2.05, 4.69) is 10.4 Å². The number of aromatic nitrogens is 2. The molecule has 0 aliphatic carbocycles. The molecule has 0 aliphatic rings. The van der Waals surface area contributed by atoms with Crippen LogP contribution < -0.4 is 11.1 Å². The third-order valence-electron chi connectivity index (χ3n) is 3.25. The highest BCUT2D eigenvalue weighted by atomic mass is 16.1. The summed E-state index contributed by atoms with van der Waals surface area (Å²) in [5.74, 6) is -0.163. The summed E-state index contributed by atoms with van der Waals surface area (Å²) < 4.78 is 1.75. The number of anilines is 2. The molecule has 1 heterocycles. The molecule has 19 heavy (non-hydrogen) atoms. The average Bonchev–Trinajstić information content (AvgIpc) is 2.59. The van der Waals surface area contributed by atoms with Crippen molar-refractivity contribution in [1.29, 1.82) is 0 Å². The number of nitrogens with two attached hydrogens (primary N) is 1. The van der Waals surface area contributed by atoms with Gasteiger partial charge in [0.15, 0.2) is 0 Å². The van der Waals surface area contributed by atoms with Crippen LogP contribution in [0.15, 0.2) is 18.2 Å². The number of benzene rings is 1. The van der Waals surface area contributed by atoms with Crippen molar-refractivity contribution >= 4 is 17.3 Å². The number of carbonyl (C=O) groups excluding carboxylic acids is 1. The number of nitrogens with one attached hydrogen (secondary N) is 1. The van der Waals surface area contributed by atoms with Crippen LogP contribution in [0.1, 0.15) is 27.3 Å². The van der Waals surface area contributed by atoms with E-state index < -0.39 is 0 Å². The Hall–Kier alpha value is -2.30. The smallest absolute Gasteiger partial charge is 0.256 e. The molecule has 5 heteroatoms. The molecule has 1 aromatic heterocycles. The van der Waals surface area contributed by atoms with Crippen molar-refractivity contribution in [3.05, 3.63) is 40.7 Å². The lowest BCUT2D eigenvalue weighted by molar-refractivity contribution is 0.102. The van der Waals surface area contributed by atoms with E-state index in [1.807, 2.05) is 33.9 Å². The number of hydrogen-bond donors (Lipinski definition) is 2. The molecule has 0 saturated heterocycles. The first-order chi connectivity index (χ1) is 8.90. The number of nitrogens with zero attached hydrogens (tertiary/aromatic N) is 2. The topological polar surface area (TPSA) is 72.9 Å². The molecule has 1 aromatic carbocycles. The maximum absolute atomic E-state index is 12.3. The average molecular weight is 258 g/mol. The van der Waals surface area contributed by atoms with Crippen LogP contribution in [-0.4, -0.2) is 15.7 Å². The molecule has 0 fully saturated rings. The molecule has 0 unspecified atom stereocenters. The zero-order valence-electron chi connectivity index (χ0n) is 11.6. The van der Waals surface area contributed by atoms with Gasteiger partial charge in [0.1, 0.15) is 0 Å². The standard InChI is InChI=1S/C14H18N4O/c1-8-5-6-11(15)7-12(8)14(19)16-13-9(2)17-18(4)10(13)3/h5-7H,15H2,1-4H3,(H,16,19). The predicted octanol–water partition coefficient (Wildman–Crippen LogP) is 2.18. The van der Waals surface area contributed by atoms with E-state index in [9.17, 15) is 4.79 Å². The Kier molecular flexibility index (Phi) is 3.29. The second-order valence-electron chi connectivity index (χ2n) is 4.70. The van der Waals surface area contributed by atoms with Gasteiger partial charge in [-0.3, -0.25) is 9.48 Å². The molecular weight excluding hydrogens is 240 g/mol. The van der Waals surface area contributed by atoms with Gasteiger partial charge in [0.25, 0.3) is 5.91 Å². The number of carbonyl (C=O) groups is 1. The molecule has 2 aromatic rings. The first kappa shape index (κ1) is 13.1. The number of rotatable bonds is 2. The Morgan fingerprint density at radius 3 is 2.58 bits per heavy atom. The highest BCUT2D eigenvalue weighted by Crippen LogP contribution is 2.21. The fourth-order valence-corrected chi connectivity index (χ4v) is 2.02. The van der Waals surface area contributed by atoms with E-state index in [1.54, 1.807) is 16.8 Å². The van der Waals surface area contributed by atoms with Crippen LogP contribution in [0.2, 0.25) is 0 Å². The van der Waals surface area contributed by atoms with Gasteiger partial charge >= 0.3 is 0 Å². The van der Waals surface area contributed by atoms with Crippen molar-refractivity contribution in [2.45, 2.75) is 20.8 Å². The zero-order valence-corrected chi connectivity index (χ0v) is 11.6. The van der Waals surface area contributed by atoms with Gasteiger partial charge in [-0.2, -0.15) is 5.10 Å². The molecule has 0 aliphatic heterocycles. The summed E-state index contributed by atoms with van der Waals surface area (Å²) in [7, 11) is 1.85.